The molecule has 0 aromatic carbocycles. The number of fused-ring (bicyclic) bond motifs is 1. The van der Waals surface area contributed by atoms with E-state index in [4.69, 9.17) is 0 Å². The average molecular weight is 208 g/mol. The monoisotopic (exact) mass is 208 g/mol. The van der Waals surface area contributed by atoms with Crippen LogP contribution >= 0.6 is 11.3 Å². The number of hydrogen-bond donors (Lipinski definition) is 0. The molecular weight excluding hydrogens is 192 g/mol. The number of ketones is 1. The van der Waals surface area contributed by atoms with Crippen molar-refractivity contribution >= 4 is 17.1 Å². The number of thiophene rings is 1. The Labute approximate surface area is 89.1 Å². The molecule has 1 aliphatic carbocycles. The Morgan fingerprint density at radius 1 is 1.21 bits per heavy atom. The standard InChI is InChI=1S/C12H16OS/c1-9(13)11-8-14-12-7-5-3-2-4-6-10(11)12/h8H,2-7H2,1H3. The second kappa shape index (κ2) is 4.26. The van der Waals surface area contributed by atoms with Crippen molar-refractivity contribution in [1.82, 2.24) is 0 Å². The topological polar surface area (TPSA) is 17.1 Å². The number of carbonyl (C=O) groups is 1. The zero-order chi connectivity index (χ0) is 9.97. The second-order valence-corrected chi connectivity index (χ2v) is 4.99. The van der Waals surface area contributed by atoms with Crippen LogP contribution in [0.25, 0.3) is 0 Å². The maximum Gasteiger partial charge on any atom is 0.160 e. The third-order valence-corrected chi connectivity index (χ3v) is 4.03. The van der Waals surface area contributed by atoms with Gasteiger partial charge in [0.15, 0.2) is 5.78 Å². The molecule has 0 fully saturated rings. The molecule has 0 unspecified atom stereocenters. The van der Waals surface area contributed by atoms with Crippen LogP contribution in [0.3, 0.4) is 0 Å². The van der Waals surface area contributed by atoms with Gasteiger partial charge in [-0.25, -0.2) is 0 Å². The Balaban J connectivity index is 2.33. The number of rotatable bonds is 1. The summed E-state index contributed by atoms with van der Waals surface area (Å²) in [6.07, 6.45) is 7.54. The molecule has 0 atom stereocenters. The highest BCUT2D eigenvalue weighted by Crippen LogP contribution is 2.28. The summed E-state index contributed by atoms with van der Waals surface area (Å²) in [7, 11) is 0. The summed E-state index contributed by atoms with van der Waals surface area (Å²) >= 11 is 1.78. The summed E-state index contributed by atoms with van der Waals surface area (Å²) in [5, 5.41) is 2.05. The number of aryl methyl sites for hydroxylation is 1. The molecule has 0 amide bonds. The lowest BCUT2D eigenvalue weighted by molar-refractivity contribution is 0.101. The maximum absolute atomic E-state index is 11.4. The molecule has 0 spiro atoms. The predicted molar refractivity (Wildman–Crippen MR) is 60.2 cm³/mol. The molecule has 2 heteroatoms. The van der Waals surface area contributed by atoms with Crippen LogP contribution < -0.4 is 0 Å². The first kappa shape index (κ1) is 9.91. The molecule has 1 nitrogen and oxygen atoms in total. The Morgan fingerprint density at radius 2 is 1.93 bits per heavy atom. The van der Waals surface area contributed by atoms with E-state index in [0.717, 1.165) is 12.0 Å². The van der Waals surface area contributed by atoms with Crippen molar-refractivity contribution in [3.8, 4) is 0 Å². The molecule has 0 radical (unpaired) electrons. The summed E-state index contributed by atoms with van der Waals surface area (Å²) in [4.78, 5) is 12.9. The van der Waals surface area contributed by atoms with Gasteiger partial charge in [0.25, 0.3) is 0 Å². The van der Waals surface area contributed by atoms with Crippen molar-refractivity contribution in [2.45, 2.75) is 45.4 Å². The molecular formula is C12H16OS. The van der Waals surface area contributed by atoms with Crippen molar-refractivity contribution in [2.75, 3.05) is 0 Å². The Bertz CT molecular complexity index is 338. The van der Waals surface area contributed by atoms with Crippen molar-refractivity contribution in [1.29, 1.82) is 0 Å². The lowest BCUT2D eigenvalue weighted by atomic mass is 9.96. The smallest absolute Gasteiger partial charge is 0.160 e. The summed E-state index contributed by atoms with van der Waals surface area (Å²) in [5.41, 5.74) is 2.36. The molecule has 0 saturated heterocycles. The molecule has 0 N–H and O–H groups in total. The van der Waals surface area contributed by atoms with Gasteiger partial charge < -0.3 is 0 Å². The molecule has 76 valence electrons. The quantitative estimate of drug-likeness (QED) is 0.644. The maximum atomic E-state index is 11.4. The summed E-state index contributed by atoms with van der Waals surface area (Å²) in [5.74, 6) is 0.239. The fourth-order valence-electron chi connectivity index (χ4n) is 2.14. The zero-order valence-electron chi connectivity index (χ0n) is 8.64. The number of hydrogen-bond acceptors (Lipinski definition) is 2. The minimum atomic E-state index is 0.239. The SMILES string of the molecule is CC(=O)c1csc2c1CCCCCC2. The van der Waals surface area contributed by atoms with Crippen molar-refractivity contribution in [2.24, 2.45) is 0 Å². The van der Waals surface area contributed by atoms with Crippen molar-refractivity contribution in [3.05, 3.63) is 21.4 Å². The molecule has 1 heterocycles. The van der Waals surface area contributed by atoms with Crippen molar-refractivity contribution in [3.63, 3.8) is 0 Å². The molecule has 1 aromatic heterocycles. The molecule has 1 aliphatic rings. The molecule has 1 aromatic rings. The van der Waals surface area contributed by atoms with Crippen LogP contribution in [0.5, 0.6) is 0 Å². The van der Waals surface area contributed by atoms with Crippen LogP contribution in [0.4, 0.5) is 0 Å². The summed E-state index contributed by atoms with van der Waals surface area (Å²) in [6, 6.07) is 0. The van der Waals surface area contributed by atoms with Crippen LogP contribution in [0.2, 0.25) is 0 Å². The van der Waals surface area contributed by atoms with Gasteiger partial charge in [-0.2, -0.15) is 0 Å². The highest BCUT2D eigenvalue weighted by atomic mass is 32.1. The van der Waals surface area contributed by atoms with Crippen LogP contribution in [0, 0.1) is 0 Å². The lowest BCUT2D eigenvalue weighted by Crippen LogP contribution is -2.01. The number of Topliss-reactive ketones (excluding diaryl/α,β-unsaturated/α-hetero) is 1. The minimum Gasteiger partial charge on any atom is -0.294 e. The van der Waals surface area contributed by atoms with Gasteiger partial charge in [-0.3, -0.25) is 4.79 Å². The van der Waals surface area contributed by atoms with Gasteiger partial charge in [0.1, 0.15) is 0 Å². The Kier molecular flexibility index (Phi) is 3.02. The second-order valence-electron chi connectivity index (χ2n) is 4.02. The molecule has 0 bridgehead atoms. The van der Waals surface area contributed by atoms with Gasteiger partial charge in [0.05, 0.1) is 0 Å². The fraction of sp³-hybridized carbons (Fsp3) is 0.583. The number of carbonyl (C=O) groups excluding carboxylic acids is 1. The third-order valence-electron chi connectivity index (χ3n) is 2.94. The van der Waals surface area contributed by atoms with E-state index in [1.807, 2.05) is 0 Å². The highest BCUT2D eigenvalue weighted by Gasteiger charge is 2.15. The van der Waals surface area contributed by atoms with Gasteiger partial charge in [0, 0.05) is 15.8 Å². The summed E-state index contributed by atoms with van der Waals surface area (Å²) < 4.78 is 0. The molecule has 0 saturated carbocycles. The van der Waals surface area contributed by atoms with Gasteiger partial charge >= 0.3 is 0 Å². The third kappa shape index (κ3) is 1.90. The van der Waals surface area contributed by atoms with Gasteiger partial charge in [-0.1, -0.05) is 12.8 Å². The van der Waals surface area contributed by atoms with Gasteiger partial charge in [-0.05, 0) is 38.2 Å². The Morgan fingerprint density at radius 3 is 2.64 bits per heavy atom. The normalized spacial score (nSPS) is 16.9. The largest absolute Gasteiger partial charge is 0.294 e. The van der Waals surface area contributed by atoms with E-state index in [-0.39, 0.29) is 5.78 Å². The van der Waals surface area contributed by atoms with Crippen LogP contribution in [-0.4, -0.2) is 5.78 Å². The van der Waals surface area contributed by atoms with Crippen molar-refractivity contribution < 1.29 is 4.79 Å². The van der Waals surface area contributed by atoms with Gasteiger partial charge in [0.2, 0.25) is 0 Å². The first-order valence-electron chi connectivity index (χ1n) is 5.39. The lowest BCUT2D eigenvalue weighted by Gasteiger charge is -2.10. The van der Waals surface area contributed by atoms with E-state index in [0.29, 0.717) is 0 Å². The molecule has 2 rings (SSSR count). The van der Waals surface area contributed by atoms with Crippen LogP contribution in [0.15, 0.2) is 5.38 Å². The van der Waals surface area contributed by atoms with E-state index >= 15 is 0 Å². The van der Waals surface area contributed by atoms with E-state index in [1.54, 1.807) is 18.3 Å². The van der Waals surface area contributed by atoms with Crippen LogP contribution in [-0.2, 0) is 12.8 Å². The summed E-state index contributed by atoms with van der Waals surface area (Å²) in [6.45, 7) is 1.68. The predicted octanol–water partition coefficient (Wildman–Crippen LogP) is 3.61. The molecule has 0 aliphatic heterocycles. The van der Waals surface area contributed by atoms with E-state index < -0.39 is 0 Å². The van der Waals surface area contributed by atoms with E-state index in [9.17, 15) is 4.79 Å². The average Bonchev–Trinajstić information content (AvgIpc) is 2.47. The van der Waals surface area contributed by atoms with E-state index in [2.05, 4.69) is 5.38 Å². The fourth-order valence-corrected chi connectivity index (χ4v) is 3.33. The van der Waals surface area contributed by atoms with E-state index in [1.165, 1.54) is 42.5 Å². The van der Waals surface area contributed by atoms with Crippen LogP contribution in [0.1, 0.15) is 53.4 Å². The van der Waals surface area contributed by atoms with Gasteiger partial charge in [-0.15, -0.1) is 11.3 Å². The first-order chi connectivity index (χ1) is 6.79. The molecule has 14 heavy (non-hydrogen) atoms. The zero-order valence-corrected chi connectivity index (χ0v) is 9.45. The minimum absolute atomic E-state index is 0.239. The Hall–Kier alpha value is -0.630. The highest BCUT2D eigenvalue weighted by molar-refractivity contribution is 7.10. The first-order valence-corrected chi connectivity index (χ1v) is 6.27.